The van der Waals surface area contributed by atoms with Gasteiger partial charge in [-0.15, -0.1) is 17.7 Å². The molecular formula is C22H22Pt. The Kier molecular flexibility index (Phi) is 8.21. The van der Waals surface area contributed by atoms with Crippen LogP contribution in [-0.2, 0) is 21.1 Å². The van der Waals surface area contributed by atoms with E-state index in [1.54, 1.807) is 0 Å². The van der Waals surface area contributed by atoms with Crippen molar-refractivity contribution in [3.8, 4) is 0 Å². The maximum atomic E-state index is 3.44. The van der Waals surface area contributed by atoms with Crippen LogP contribution in [0.2, 0.25) is 0 Å². The van der Waals surface area contributed by atoms with Gasteiger partial charge in [-0.05, 0) is 16.2 Å². The first-order valence-corrected chi connectivity index (χ1v) is 6.62. The number of hydrogen-bond acceptors (Lipinski definition) is 0. The van der Waals surface area contributed by atoms with Gasteiger partial charge in [0.05, 0.1) is 0 Å². The Balaban J connectivity index is 0.00000121. The molecule has 0 saturated carbocycles. The maximum absolute atomic E-state index is 3.44. The van der Waals surface area contributed by atoms with E-state index in [1.807, 2.05) is 0 Å². The van der Waals surface area contributed by atoms with E-state index < -0.39 is 0 Å². The van der Waals surface area contributed by atoms with E-state index in [4.69, 9.17) is 0 Å². The third kappa shape index (κ3) is 3.65. The van der Waals surface area contributed by atoms with Crippen LogP contribution in [0, 0.1) is 28.4 Å². The van der Waals surface area contributed by atoms with E-state index in [2.05, 4.69) is 72.8 Å². The second-order valence-electron chi connectivity index (χ2n) is 4.89. The molecular weight excluding hydrogens is 459 g/mol. The van der Waals surface area contributed by atoms with E-state index in [9.17, 15) is 0 Å². The van der Waals surface area contributed by atoms with Crippen LogP contribution >= 0.6 is 0 Å². The molecule has 0 atom stereocenters. The van der Waals surface area contributed by atoms with Gasteiger partial charge in [-0.25, -0.2) is 0 Å². The van der Waals surface area contributed by atoms with Gasteiger partial charge in [-0.2, -0.15) is 17.7 Å². The van der Waals surface area contributed by atoms with Crippen LogP contribution in [0.15, 0.2) is 66.7 Å². The van der Waals surface area contributed by atoms with Crippen LogP contribution in [0.25, 0.3) is 27.1 Å². The zero-order valence-corrected chi connectivity index (χ0v) is 16.1. The second-order valence-corrected chi connectivity index (χ2v) is 4.89. The van der Waals surface area contributed by atoms with Crippen molar-refractivity contribution in [2.24, 2.45) is 0 Å². The van der Waals surface area contributed by atoms with Crippen molar-refractivity contribution in [1.82, 2.24) is 0 Å². The van der Waals surface area contributed by atoms with E-state index >= 15 is 0 Å². The van der Waals surface area contributed by atoms with Crippen molar-refractivity contribution in [3.63, 3.8) is 0 Å². The van der Waals surface area contributed by atoms with Gasteiger partial charge in [0.2, 0.25) is 0 Å². The summed E-state index contributed by atoms with van der Waals surface area (Å²) in [5, 5.41) is 5.26. The molecule has 0 saturated heterocycles. The van der Waals surface area contributed by atoms with E-state index in [1.165, 1.54) is 32.7 Å². The molecule has 4 rings (SSSR count). The first kappa shape index (κ1) is 21.3. The maximum Gasteiger partial charge on any atom is 4.00 e. The van der Waals surface area contributed by atoms with Crippen LogP contribution < -0.4 is 0 Å². The van der Waals surface area contributed by atoms with Gasteiger partial charge >= 0.3 is 21.1 Å². The summed E-state index contributed by atoms with van der Waals surface area (Å²) in [6, 6.07) is 19.5. The molecule has 0 amide bonds. The van der Waals surface area contributed by atoms with Gasteiger partial charge in [0, 0.05) is 0 Å². The summed E-state index contributed by atoms with van der Waals surface area (Å²) in [7, 11) is 0. The molecule has 120 valence electrons. The fourth-order valence-corrected chi connectivity index (χ4v) is 2.87. The van der Waals surface area contributed by atoms with E-state index in [-0.39, 0.29) is 43.3 Å². The minimum absolute atomic E-state index is 0. The summed E-state index contributed by atoms with van der Waals surface area (Å²) in [5.74, 6) is 0. The molecule has 0 nitrogen and oxygen atoms in total. The zero-order chi connectivity index (χ0) is 12.7. The molecule has 0 unspecified atom stereocenters. The van der Waals surface area contributed by atoms with Crippen molar-refractivity contribution in [3.05, 3.63) is 101 Å². The quantitative estimate of drug-likeness (QED) is 0.275. The fraction of sp³-hybridized carbons (Fsp3) is 0.0455. The van der Waals surface area contributed by atoms with Gasteiger partial charge in [-0.3, -0.25) is 0 Å². The molecule has 1 aliphatic carbocycles. The van der Waals surface area contributed by atoms with E-state index in [0.717, 1.165) is 6.42 Å². The van der Waals surface area contributed by atoms with Crippen LogP contribution in [0.3, 0.4) is 0 Å². The molecule has 3 aromatic rings. The van der Waals surface area contributed by atoms with Crippen LogP contribution in [0.1, 0.15) is 12.0 Å². The fourth-order valence-electron chi connectivity index (χ4n) is 2.87. The molecule has 0 aliphatic heterocycles. The normalized spacial score (nSPS) is 11.7. The molecule has 0 radical (unpaired) electrons. The topological polar surface area (TPSA) is 0 Å². The average Bonchev–Trinajstić information content (AvgIpc) is 3.00. The number of fused-ring (bicyclic) bond motifs is 3. The number of benzene rings is 3. The Morgan fingerprint density at radius 3 is 2.00 bits per heavy atom. The molecule has 1 aliphatic rings. The van der Waals surface area contributed by atoms with Gasteiger partial charge in [0.15, 0.2) is 0 Å². The minimum atomic E-state index is 0. The van der Waals surface area contributed by atoms with E-state index in [0.29, 0.717) is 0 Å². The number of hydrogen-bond donors (Lipinski definition) is 0. The molecule has 0 N–H and O–H groups in total. The van der Waals surface area contributed by atoms with Crippen molar-refractivity contribution < 1.29 is 21.1 Å². The predicted molar refractivity (Wildman–Crippen MR) is 101 cm³/mol. The van der Waals surface area contributed by atoms with Crippen LogP contribution in [-0.4, -0.2) is 0 Å². The Bertz CT molecular complexity index is 841. The molecule has 0 heterocycles. The number of rotatable bonds is 1. The predicted octanol–water partition coefficient (Wildman–Crippen LogP) is 6.49. The van der Waals surface area contributed by atoms with Gasteiger partial charge in [0.1, 0.15) is 0 Å². The van der Waals surface area contributed by atoms with Crippen LogP contribution in [0.5, 0.6) is 0 Å². The molecule has 1 heteroatoms. The average molecular weight is 481 g/mol. The SMILES string of the molecule is [C-]1=C(c2cc3ccccc3c3ccccc23)C=CC1.[CH3-].[CH3-].[CH3-].[Pt+4]. The Morgan fingerprint density at radius 1 is 0.739 bits per heavy atom. The zero-order valence-electron chi connectivity index (χ0n) is 13.9. The smallest absolute Gasteiger partial charge is 0.358 e. The molecule has 0 aromatic heterocycles. The van der Waals surface area contributed by atoms with Crippen molar-refractivity contribution in [2.45, 2.75) is 6.42 Å². The number of allylic oxidation sites excluding steroid dienone is 4. The Hall–Kier alpha value is -1.65. The summed E-state index contributed by atoms with van der Waals surface area (Å²) in [4.78, 5) is 0. The van der Waals surface area contributed by atoms with Gasteiger partial charge in [0.25, 0.3) is 0 Å². The first-order chi connectivity index (χ1) is 9.43. The standard InChI is InChI=1S/C19H13.3CH3.Pt/c1-2-8-14(7-1)19-13-15-9-3-4-10-16(15)17-11-5-6-12-18(17)19;;;;/h1,3-7,9-13H,2H2;3*1H3;/q4*-1;+4. The summed E-state index contributed by atoms with van der Waals surface area (Å²) >= 11 is 0. The third-order valence-electron chi connectivity index (χ3n) is 3.75. The summed E-state index contributed by atoms with van der Waals surface area (Å²) < 4.78 is 0. The van der Waals surface area contributed by atoms with Crippen molar-refractivity contribution >= 4 is 27.1 Å². The molecule has 3 aromatic carbocycles. The molecule has 0 fully saturated rings. The minimum Gasteiger partial charge on any atom is -0.358 e. The van der Waals surface area contributed by atoms with Crippen LogP contribution in [0.4, 0.5) is 0 Å². The monoisotopic (exact) mass is 481 g/mol. The molecule has 0 spiro atoms. The van der Waals surface area contributed by atoms with Gasteiger partial charge < -0.3 is 22.3 Å². The third-order valence-corrected chi connectivity index (χ3v) is 3.75. The summed E-state index contributed by atoms with van der Waals surface area (Å²) in [6.45, 7) is 0. The van der Waals surface area contributed by atoms with Gasteiger partial charge in [-0.1, -0.05) is 60.3 Å². The Morgan fingerprint density at radius 2 is 1.35 bits per heavy atom. The first-order valence-electron chi connectivity index (χ1n) is 6.62. The van der Waals surface area contributed by atoms with Crippen molar-refractivity contribution in [2.75, 3.05) is 0 Å². The summed E-state index contributed by atoms with van der Waals surface area (Å²) in [6.07, 6.45) is 8.71. The largest absolute Gasteiger partial charge is 4.00 e. The Labute approximate surface area is 155 Å². The summed E-state index contributed by atoms with van der Waals surface area (Å²) in [5.41, 5.74) is 2.52. The molecule has 23 heavy (non-hydrogen) atoms. The van der Waals surface area contributed by atoms with Crippen molar-refractivity contribution in [1.29, 1.82) is 0 Å². The second kappa shape index (κ2) is 8.84. The molecule has 0 bridgehead atoms.